The van der Waals surface area contributed by atoms with Crippen molar-refractivity contribution in [1.29, 1.82) is 0 Å². The van der Waals surface area contributed by atoms with Crippen LogP contribution in [0, 0.1) is 6.92 Å². The number of hydrogen-bond donors (Lipinski definition) is 1. The van der Waals surface area contributed by atoms with Crippen molar-refractivity contribution < 1.29 is 14.4 Å². The molecule has 0 aliphatic heterocycles. The lowest BCUT2D eigenvalue weighted by Gasteiger charge is -2.26. The molecule has 6 heteroatoms. The van der Waals surface area contributed by atoms with Crippen LogP contribution < -0.4 is 0 Å². The third kappa shape index (κ3) is 4.44. The fourth-order valence-electron chi connectivity index (χ4n) is 1.71. The summed E-state index contributed by atoms with van der Waals surface area (Å²) in [5.41, 5.74) is 0. The van der Waals surface area contributed by atoms with Crippen molar-refractivity contribution in [2.45, 2.75) is 46.1 Å². The Morgan fingerprint density at radius 1 is 1.50 bits per heavy atom. The van der Waals surface area contributed by atoms with Gasteiger partial charge in [0.05, 0.1) is 0 Å². The van der Waals surface area contributed by atoms with Crippen LogP contribution >= 0.6 is 0 Å². The number of aromatic nitrogens is 2. The van der Waals surface area contributed by atoms with E-state index in [0.29, 0.717) is 37.5 Å². The van der Waals surface area contributed by atoms with Gasteiger partial charge in [-0.3, -0.25) is 4.79 Å². The van der Waals surface area contributed by atoms with Gasteiger partial charge in [-0.05, 0) is 27.2 Å². The Labute approximate surface area is 107 Å². The molecule has 1 heterocycles. The molecule has 1 aromatic rings. The minimum Gasteiger partial charge on any atom is -0.396 e. The standard InChI is InChI=1S/C12H21N3O3/c1-9(2)15(7-4-8-16)12(17)6-5-11-13-10(3)14-18-11/h9,16H,4-8H2,1-3H3. The Bertz CT molecular complexity index is 376. The van der Waals surface area contributed by atoms with Gasteiger partial charge in [-0.2, -0.15) is 4.98 Å². The highest BCUT2D eigenvalue weighted by Crippen LogP contribution is 2.07. The fourth-order valence-corrected chi connectivity index (χ4v) is 1.71. The van der Waals surface area contributed by atoms with Crippen LogP contribution in [-0.4, -0.2) is 45.2 Å². The molecule has 1 rings (SSSR count). The maximum Gasteiger partial charge on any atom is 0.227 e. The minimum atomic E-state index is 0.0503. The van der Waals surface area contributed by atoms with Gasteiger partial charge in [0.15, 0.2) is 5.82 Å². The second kappa shape index (κ2) is 7.10. The van der Waals surface area contributed by atoms with E-state index < -0.39 is 0 Å². The zero-order valence-corrected chi connectivity index (χ0v) is 11.2. The number of nitrogens with zero attached hydrogens (tertiary/aromatic N) is 3. The number of aliphatic hydroxyl groups is 1. The molecule has 0 spiro atoms. The first-order valence-corrected chi connectivity index (χ1v) is 6.24. The lowest BCUT2D eigenvalue weighted by atomic mass is 10.2. The highest BCUT2D eigenvalue weighted by Gasteiger charge is 2.17. The molecular formula is C12H21N3O3. The summed E-state index contributed by atoms with van der Waals surface area (Å²) in [4.78, 5) is 17.8. The van der Waals surface area contributed by atoms with Crippen LogP contribution in [0.2, 0.25) is 0 Å². The van der Waals surface area contributed by atoms with Gasteiger partial charge in [0.25, 0.3) is 0 Å². The predicted octanol–water partition coefficient (Wildman–Crippen LogP) is 0.930. The number of rotatable bonds is 7. The van der Waals surface area contributed by atoms with E-state index in [1.54, 1.807) is 11.8 Å². The van der Waals surface area contributed by atoms with Crippen LogP contribution in [0.5, 0.6) is 0 Å². The van der Waals surface area contributed by atoms with Crippen LogP contribution in [-0.2, 0) is 11.2 Å². The quantitative estimate of drug-likeness (QED) is 0.784. The first-order chi connectivity index (χ1) is 8.54. The third-order valence-corrected chi connectivity index (χ3v) is 2.62. The molecule has 1 N–H and O–H groups in total. The summed E-state index contributed by atoms with van der Waals surface area (Å²) in [5, 5.41) is 12.5. The second-order valence-electron chi connectivity index (χ2n) is 4.49. The average Bonchev–Trinajstić information content (AvgIpc) is 2.72. The molecule has 1 aromatic heterocycles. The van der Waals surface area contributed by atoms with Gasteiger partial charge < -0.3 is 14.5 Å². The van der Waals surface area contributed by atoms with Crippen molar-refractivity contribution >= 4 is 5.91 Å². The zero-order chi connectivity index (χ0) is 13.5. The van der Waals surface area contributed by atoms with Gasteiger partial charge in [0.2, 0.25) is 11.8 Å². The smallest absolute Gasteiger partial charge is 0.227 e. The van der Waals surface area contributed by atoms with E-state index >= 15 is 0 Å². The lowest BCUT2D eigenvalue weighted by molar-refractivity contribution is -0.133. The SMILES string of the molecule is Cc1noc(CCC(=O)N(CCCO)C(C)C)n1. The normalized spacial score (nSPS) is 10.9. The first-order valence-electron chi connectivity index (χ1n) is 6.24. The van der Waals surface area contributed by atoms with E-state index in [2.05, 4.69) is 10.1 Å². The molecular weight excluding hydrogens is 234 g/mol. The molecule has 18 heavy (non-hydrogen) atoms. The summed E-state index contributed by atoms with van der Waals surface area (Å²) in [7, 11) is 0. The van der Waals surface area contributed by atoms with Crippen LogP contribution in [0.15, 0.2) is 4.52 Å². The maximum absolute atomic E-state index is 12.0. The number of carbonyl (C=O) groups is 1. The number of amides is 1. The highest BCUT2D eigenvalue weighted by atomic mass is 16.5. The Morgan fingerprint density at radius 3 is 2.72 bits per heavy atom. The van der Waals surface area contributed by atoms with Crippen molar-refractivity contribution in [2.24, 2.45) is 0 Å². The molecule has 0 fully saturated rings. The number of carbonyl (C=O) groups excluding carboxylic acids is 1. The number of hydrogen-bond acceptors (Lipinski definition) is 5. The van der Waals surface area contributed by atoms with Gasteiger partial charge in [0.1, 0.15) is 0 Å². The molecule has 0 aliphatic rings. The second-order valence-corrected chi connectivity index (χ2v) is 4.49. The van der Waals surface area contributed by atoms with E-state index in [4.69, 9.17) is 9.63 Å². The largest absolute Gasteiger partial charge is 0.396 e. The lowest BCUT2D eigenvalue weighted by Crippen LogP contribution is -2.38. The molecule has 6 nitrogen and oxygen atoms in total. The van der Waals surface area contributed by atoms with Crippen molar-refractivity contribution in [3.63, 3.8) is 0 Å². The summed E-state index contributed by atoms with van der Waals surface area (Å²) < 4.78 is 4.96. The first kappa shape index (κ1) is 14.6. The third-order valence-electron chi connectivity index (χ3n) is 2.62. The molecule has 1 amide bonds. The average molecular weight is 255 g/mol. The van der Waals surface area contributed by atoms with Crippen LogP contribution in [0.3, 0.4) is 0 Å². The van der Waals surface area contributed by atoms with Crippen LogP contribution in [0.4, 0.5) is 0 Å². The Morgan fingerprint density at radius 2 is 2.22 bits per heavy atom. The van der Waals surface area contributed by atoms with E-state index in [-0.39, 0.29) is 18.6 Å². The van der Waals surface area contributed by atoms with Gasteiger partial charge in [-0.25, -0.2) is 0 Å². The number of aliphatic hydroxyl groups excluding tert-OH is 1. The van der Waals surface area contributed by atoms with Crippen molar-refractivity contribution in [3.8, 4) is 0 Å². The zero-order valence-electron chi connectivity index (χ0n) is 11.2. The van der Waals surface area contributed by atoms with Crippen molar-refractivity contribution in [3.05, 3.63) is 11.7 Å². The number of aryl methyl sites for hydroxylation is 2. The summed E-state index contributed by atoms with van der Waals surface area (Å²) in [6.45, 7) is 6.35. The molecule has 0 unspecified atom stereocenters. The fraction of sp³-hybridized carbons (Fsp3) is 0.750. The van der Waals surface area contributed by atoms with Gasteiger partial charge >= 0.3 is 0 Å². The highest BCUT2D eigenvalue weighted by molar-refractivity contribution is 5.76. The van der Waals surface area contributed by atoms with E-state index in [1.165, 1.54) is 0 Å². The van der Waals surface area contributed by atoms with Crippen LogP contribution in [0.25, 0.3) is 0 Å². The maximum atomic E-state index is 12.0. The monoisotopic (exact) mass is 255 g/mol. The minimum absolute atomic E-state index is 0.0503. The van der Waals surface area contributed by atoms with Gasteiger partial charge in [0, 0.05) is 32.0 Å². The van der Waals surface area contributed by atoms with Crippen molar-refractivity contribution in [2.75, 3.05) is 13.2 Å². The summed E-state index contributed by atoms with van der Waals surface area (Å²) in [5.74, 6) is 1.12. The van der Waals surface area contributed by atoms with Gasteiger partial charge in [-0.1, -0.05) is 5.16 Å². The molecule has 0 radical (unpaired) electrons. The molecule has 0 atom stereocenters. The molecule has 0 saturated heterocycles. The molecule has 102 valence electrons. The van der Waals surface area contributed by atoms with Crippen molar-refractivity contribution in [1.82, 2.24) is 15.0 Å². The summed E-state index contributed by atoms with van der Waals surface area (Å²) in [6, 6.07) is 0.133. The Kier molecular flexibility index (Phi) is 5.77. The molecule has 0 saturated carbocycles. The van der Waals surface area contributed by atoms with E-state index in [9.17, 15) is 4.79 Å². The van der Waals surface area contributed by atoms with E-state index in [0.717, 1.165) is 0 Å². The molecule has 0 aromatic carbocycles. The summed E-state index contributed by atoms with van der Waals surface area (Å²) in [6.07, 6.45) is 1.41. The predicted molar refractivity (Wildman–Crippen MR) is 65.9 cm³/mol. The van der Waals surface area contributed by atoms with E-state index in [1.807, 2.05) is 13.8 Å². The molecule has 0 aliphatic carbocycles. The molecule has 0 bridgehead atoms. The Balaban J connectivity index is 2.46. The topological polar surface area (TPSA) is 79.5 Å². The Hall–Kier alpha value is -1.43. The van der Waals surface area contributed by atoms with Crippen LogP contribution in [0.1, 0.15) is 38.4 Å². The summed E-state index contributed by atoms with van der Waals surface area (Å²) >= 11 is 0. The van der Waals surface area contributed by atoms with Gasteiger partial charge in [-0.15, -0.1) is 0 Å².